The van der Waals surface area contributed by atoms with Gasteiger partial charge >= 0.3 is 0 Å². The second-order valence-electron chi connectivity index (χ2n) is 7.14. The van der Waals surface area contributed by atoms with Gasteiger partial charge in [-0.1, -0.05) is 47.5 Å². The molecule has 1 aliphatic rings. The number of amides is 1. The summed E-state index contributed by atoms with van der Waals surface area (Å²) in [5.74, 6) is -4.21. The summed E-state index contributed by atoms with van der Waals surface area (Å²) in [6.45, 7) is 0. The van der Waals surface area contributed by atoms with E-state index < -0.39 is 40.7 Å². The Morgan fingerprint density at radius 1 is 1.03 bits per heavy atom. The molecule has 1 amide bonds. The highest BCUT2D eigenvalue weighted by molar-refractivity contribution is 6.52. The highest BCUT2D eigenvalue weighted by atomic mass is 35.5. The number of ketones is 1. The molecule has 3 aromatic rings. The van der Waals surface area contributed by atoms with Gasteiger partial charge in [0.2, 0.25) is 0 Å². The molecule has 3 aromatic carbocycles. The quantitative estimate of drug-likeness (QED) is 0.281. The number of anilines is 1. The number of carbonyl (C=O) groups is 2. The highest BCUT2D eigenvalue weighted by Gasteiger charge is 2.48. The Balaban J connectivity index is 2.04. The fourth-order valence-electron chi connectivity index (χ4n) is 3.80. The van der Waals surface area contributed by atoms with Crippen LogP contribution in [0.2, 0.25) is 10.0 Å². The molecule has 33 heavy (non-hydrogen) atoms. The minimum absolute atomic E-state index is 0.00260. The predicted molar refractivity (Wildman–Crippen MR) is 121 cm³/mol. The molecule has 1 atom stereocenters. The van der Waals surface area contributed by atoms with E-state index in [-0.39, 0.29) is 32.6 Å². The molecular weight excluding hydrogens is 475 g/mol. The first kappa shape index (κ1) is 22.8. The van der Waals surface area contributed by atoms with Crippen LogP contribution >= 0.6 is 23.2 Å². The summed E-state index contributed by atoms with van der Waals surface area (Å²) in [5, 5.41) is 11.4. The number of rotatable bonds is 4. The van der Waals surface area contributed by atoms with Crippen molar-refractivity contribution in [3.63, 3.8) is 0 Å². The summed E-state index contributed by atoms with van der Waals surface area (Å²) in [4.78, 5) is 27.1. The Bertz CT molecular complexity index is 1330. The molecule has 0 aromatic heterocycles. The number of aliphatic hydroxyl groups excluding tert-OH is 1. The smallest absolute Gasteiger partial charge is 0.300 e. The Labute approximate surface area is 197 Å². The molecule has 0 spiro atoms. The average molecular weight is 490 g/mol. The lowest BCUT2D eigenvalue weighted by atomic mass is 9.94. The number of Topliss-reactive ketones (excluding diaryl/α,β-unsaturated/α-hetero) is 1. The van der Waals surface area contributed by atoms with Gasteiger partial charge < -0.3 is 9.84 Å². The molecule has 1 unspecified atom stereocenters. The maximum absolute atomic E-state index is 14.9. The lowest BCUT2D eigenvalue weighted by molar-refractivity contribution is -0.132. The maximum atomic E-state index is 14.9. The number of benzene rings is 3. The van der Waals surface area contributed by atoms with Gasteiger partial charge in [0, 0.05) is 16.3 Å². The SMILES string of the molecule is COc1c(Cl)cc(Cl)cc1/C(O)=C1\C(=O)C(=O)N(c2cccc(F)c2)C1c1ccccc1F. The molecule has 4 rings (SSSR count). The molecule has 1 saturated heterocycles. The van der Waals surface area contributed by atoms with Gasteiger partial charge in [0.05, 0.1) is 29.3 Å². The first-order chi connectivity index (χ1) is 15.7. The summed E-state index contributed by atoms with van der Waals surface area (Å²) in [5.41, 5.74) is -0.547. The van der Waals surface area contributed by atoms with Crippen LogP contribution in [-0.2, 0) is 9.59 Å². The average Bonchev–Trinajstić information content (AvgIpc) is 3.03. The summed E-state index contributed by atoms with van der Waals surface area (Å²) in [7, 11) is 1.30. The van der Waals surface area contributed by atoms with Gasteiger partial charge in [-0.3, -0.25) is 14.5 Å². The molecule has 0 radical (unpaired) electrons. The lowest BCUT2D eigenvalue weighted by Crippen LogP contribution is -2.30. The van der Waals surface area contributed by atoms with E-state index in [1.807, 2.05) is 0 Å². The summed E-state index contributed by atoms with van der Waals surface area (Å²) in [6, 6.07) is 11.7. The van der Waals surface area contributed by atoms with E-state index in [4.69, 9.17) is 27.9 Å². The molecule has 5 nitrogen and oxygen atoms in total. The number of halogens is 4. The molecule has 1 fully saturated rings. The van der Waals surface area contributed by atoms with Gasteiger partial charge in [-0.2, -0.15) is 0 Å². The van der Waals surface area contributed by atoms with Crippen LogP contribution in [0.3, 0.4) is 0 Å². The highest BCUT2D eigenvalue weighted by Crippen LogP contribution is 2.45. The Morgan fingerprint density at radius 3 is 2.42 bits per heavy atom. The van der Waals surface area contributed by atoms with Crippen molar-refractivity contribution in [3.8, 4) is 5.75 Å². The van der Waals surface area contributed by atoms with Crippen molar-refractivity contribution in [2.45, 2.75) is 6.04 Å². The Morgan fingerprint density at radius 2 is 1.76 bits per heavy atom. The minimum atomic E-state index is -1.39. The normalized spacial score (nSPS) is 17.5. The first-order valence-electron chi connectivity index (χ1n) is 9.59. The maximum Gasteiger partial charge on any atom is 0.300 e. The molecule has 1 N–H and O–H groups in total. The van der Waals surface area contributed by atoms with Crippen LogP contribution in [0.1, 0.15) is 17.2 Å². The fourth-order valence-corrected chi connectivity index (χ4v) is 4.38. The standard InChI is InChI=1S/C24H15Cl2F2NO4/c1-33-23-16(9-12(25)10-17(23)26)21(30)19-20(15-7-2-3-8-18(15)28)29(24(32)22(19)31)14-6-4-5-13(27)11-14/h2-11,20,30H,1H3/b21-19+. The van der Waals surface area contributed by atoms with Gasteiger partial charge in [0.25, 0.3) is 11.7 Å². The third-order valence-corrected chi connectivity index (χ3v) is 5.70. The number of hydrogen-bond donors (Lipinski definition) is 1. The number of methoxy groups -OCH3 is 1. The van der Waals surface area contributed by atoms with Gasteiger partial charge in [-0.15, -0.1) is 0 Å². The molecular formula is C24H15Cl2F2NO4. The van der Waals surface area contributed by atoms with Crippen molar-refractivity contribution in [1.82, 2.24) is 0 Å². The number of carbonyl (C=O) groups excluding carboxylic acids is 2. The fraction of sp³-hybridized carbons (Fsp3) is 0.0833. The zero-order valence-electron chi connectivity index (χ0n) is 17.0. The molecule has 168 valence electrons. The predicted octanol–water partition coefficient (Wildman–Crippen LogP) is 5.91. The molecule has 0 saturated carbocycles. The van der Waals surface area contributed by atoms with Crippen LogP contribution in [0.4, 0.5) is 14.5 Å². The van der Waals surface area contributed by atoms with E-state index in [9.17, 15) is 23.5 Å². The first-order valence-corrected chi connectivity index (χ1v) is 10.3. The Kier molecular flexibility index (Phi) is 6.10. The molecule has 9 heteroatoms. The van der Waals surface area contributed by atoms with Crippen molar-refractivity contribution in [1.29, 1.82) is 0 Å². The molecule has 0 bridgehead atoms. The van der Waals surface area contributed by atoms with Crippen LogP contribution in [-0.4, -0.2) is 23.9 Å². The lowest BCUT2D eigenvalue weighted by Gasteiger charge is -2.26. The zero-order valence-corrected chi connectivity index (χ0v) is 18.5. The number of hydrogen-bond acceptors (Lipinski definition) is 4. The van der Waals surface area contributed by atoms with E-state index in [1.165, 1.54) is 49.6 Å². The third-order valence-electron chi connectivity index (χ3n) is 5.20. The van der Waals surface area contributed by atoms with E-state index >= 15 is 0 Å². The molecule has 1 aliphatic heterocycles. The van der Waals surface area contributed by atoms with Gasteiger partial charge in [0.15, 0.2) is 0 Å². The zero-order chi connectivity index (χ0) is 23.9. The topological polar surface area (TPSA) is 66.8 Å². The van der Waals surface area contributed by atoms with E-state index in [0.717, 1.165) is 23.1 Å². The number of ether oxygens (including phenoxy) is 1. The second kappa shape index (κ2) is 8.84. The van der Waals surface area contributed by atoms with Crippen molar-refractivity contribution in [2.75, 3.05) is 12.0 Å². The monoisotopic (exact) mass is 489 g/mol. The van der Waals surface area contributed by atoms with Gasteiger partial charge in [-0.05, 0) is 36.4 Å². The van der Waals surface area contributed by atoms with Crippen molar-refractivity contribution >= 4 is 46.3 Å². The van der Waals surface area contributed by atoms with Gasteiger partial charge in [0.1, 0.15) is 23.1 Å². The van der Waals surface area contributed by atoms with Crippen LogP contribution in [0.5, 0.6) is 5.75 Å². The van der Waals surface area contributed by atoms with Crippen molar-refractivity contribution < 1.29 is 28.2 Å². The largest absolute Gasteiger partial charge is 0.507 e. The van der Waals surface area contributed by atoms with E-state index in [2.05, 4.69) is 0 Å². The third kappa shape index (κ3) is 3.94. The van der Waals surface area contributed by atoms with E-state index in [0.29, 0.717) is 0 Å². The summed E-state index contributed by atoms with van der Waals surface area (Å²) < 4.78 is 34.1. The van der Waals surface area contributed by atoms with Crippen LogP contribution in [0.15, 0.2) is 66.2 Å². The molecule has 0 aliphatic carbocycles. The van der Waals surface area contributed by atoms with Crippen molar-refractivity contribution in [2.24, 2.45) is 0 Å². The summed E-state index contributed by atoms with van der Waals surface area (Å²) >= 11 is 12.2. The van der Waals surface area contributed by atoms with Crippen molar-refractivity contribution in [3.05, 3.63) is 99.0 Å². The summed E-state index contributed by atoms with van der Waals surface area (Å²) in [6.07, 6.45) is 0. The number of aliphatic hydroxyl groups is 1. The van der Waals surface area contributed by atoms with Crippen LogP contribution < -0.4 is 9.64 Å². The van der Waals surface area contributed by atoms with E-state index in [1.54, 1.807) is 0 Å². The second-order valence-corrected chi connectivity index (χ2v) is 7.98. The van der Waals surface area contributed by atoms with Gasteiger partial charge in [-0.25, -0.2) is 8.78 Å². The number of nitrogens with zero attached hydrogens (tertiary/aromatic N) is 1. The molecule has 1 heterocycles. The Hall–Kier alpha value is -3.42. The van der Waals surface area contributed by atoms with Crippen LogP contribution in [0.25, 0.3) is 5.76 Å². The minimum Gasteiger partial charge on any atom is -0.507 e. The van der Waals surface area contributed by atoms with Crippen LogP contribution in [0, 0.1) is 11.6 Å².